The Morgan fingerprint density at radius 3 is 2.68 bits per heavy atom. The van der Waals surface area contributed by atoms with Gasteiger partial charge in [-0.2, -0.15) is 5.26 Å². The van der Waals surface area contributed by atoms with Crippen LogP contribution in [0.1, 0.15) is 48.3 Å². The fraction of sp³-hybridized carbons (Fsp3) is 0.214. The number of hydrogen-bond acceptors (Lipinski definition) is 3. The molecule has 34 heavy (non-hydrogen) atoms. The molecule has 0 spiro atoms. The van der Waals surface area contributed by atoms with Crippen LogP contribution in [0.25, 0.3) is 16.6 Å². The summed E-state index contributed by atoms with van der Waals surface area (Å²) in [6, 6.07) is 18.4. The maximum atomic E-state index is 14.1. The molecule has 0 radical (unpaired) electrons. The molecule has 170 valence electrons. The van der Waals surface area contributed by atoms with Crippen molar-refractivity contribution in [3.05, 3.63) is 99.9 Å². The largest absolute Gasteiger partial charge is 0.488 e. The number of aromatic nitrogens is 2. The van der Waals surface area contributed by atoms with E-state index in [0.29, 0.717) is 23.3 Å². The zero-order valence-electron chi connectivity index (χ0n) is 19.0. The molecule has 4 nitrogen and oxygen atoms in total. The first-order valence-electron chi connectivity index (χ1n) is 11.3. The minimum Gasteiger partial charge on any atom is -0.488 e. The van der Waals surface area contributed by atoms with Gasteiger partial charge in [0.1, 0.15) is 18.2 Å². The molecule has 5 rings (SSSR count). The van der Waals surface area contributed by atoms with Crippen molar-refractivity contribution in [1.29, 1.82) is 5.26 Å². The number of nitrogens with zero attached hydrogens (tertiary/aromatic N) is 3. The van der Waals surface area contributed by atoms with Gasteiger partial charge >= 0.3 is 0 Å². The first-order valence-corrected chi connectivity index (χ1v) is 11.3. The molecule has 4 aromatic rings. The van der Waals surface area contributed by atoms with Crippen LogP contribution in [0.2, 0.25) is 0 Å². The number of fused-ring (bicyclic) bond motifs is 3. The molecule has 0 atom stereocenters. The van der Waals surface area contributed by atoms with E-state index in [4.69, 9.17) is 9.72 Å². The lowest BCUT2D eigenvalue weighted by atomic mass is 9.90. The summed E-state index contributed by atoms with van der Waals surface area (Å²) in [5, 5.41) is 9.63. The number of rotatable bonds is 4. The average Bonchev–Trinajstić information content (AvgIpc) is 3.09. The Kier molecular flexibility index (Phi) is 5.62. The van der Waals surface area contributed by atoms with Crippen molar-refractivity contribution in [2.24, 2.45) is 0 Å². The molecule has 0 bridgehead atoms. The van der Waals surface area contributed by atoms with Crippen molar-refractivity contribution in [2.75, 3.05) is 0 Å². The summed E-state index contributed by atoms with van der Waals surface area (Å²) >= 11 is 0. The number of imidazole rings is 1. The number of nitriles is 1. The zero-order valence-corrected chi connectivity index (χ0v) is 19.0. The number of halogens is 2. The van der Waals surface area contributed by atoms with Gasteiger partial charge in [0.05, 0.1) is 17.1 Å². The molecule has 0 amide bonds. The Labute approximate surface area is 196 Å². The van der Waals surface area contributed by atoms with Gasteiger partial charge in [-0.3, -0.25) is 0 Å². The summed E-state index contributed by atoms with van der Waals surface area (Å²) in [5.74, 6) is -0.683. The highest BCUT2D eigenvalue weighted by Crippen LogP contribution is 2.40. The normalized spacial score (nSPS) is 14.1. The van der Waals surface area contributed by atoms with Crippen LogP contribution in [0.4, 0.5) is 8.78 Å². The number of benzene rings is 3. The van der Waals surface area contributed by atoms with Crippen LogP contribution in [-0.4, -0.2) is 9.55 Å². The fourth-order valence-electron chi connectivity index (χ4n) is 4.61. The maximum absolute atomic E-state index is 14.1. The van der Waals surface area contributed by atoms with Gasteiger partial charge in [-0.1, -0.05) is 31.2 Å². The Morgan fingerprint density at radius 1 is 1.09 bits per heavy atom. The standard InChI is InChI=1S/C28H23F2N3O/c1-3-6-27-32-24-7-4-5-8-25(24)33(27)15-18-9-10-20-19(11-18)16-34-26-13-23(30)22(29)12-21(26)28(20)17(2)14-31/h4-5,7-13H,3,6,15-16H2,1-2H3. The van der Waals surface area contributed by atoms with Crippen LogP contribution in [0, 0.1) is 23.0 Å². The van der Waals surface area contributed by atoms with Crippen molar-refractivity contribution in [1.82, 2.24) is 9.55 Å². The van der Waals surface area contributed by atoms with Crippen LogP contribution in [0.5, 0.6) is 5.75 Å². The first-order chi connectivity index (χ1) is 16.5. The molecule has 1 aromatic heterocycles. The highest BCUT2D eigenvalue weighted by atomic mass is 19.2. The molecule has 6 heteroatoms. The van der Waals surface area contributed by atoms with Gasteiger partial charge in [-0.25, -0.2) is 13.8 Å². The third kappa shape index (κ3) is 3.73. The second-order valence-corrected chi connectivity index (χ2v) is 8.51. The highest BCUT2D eigenvalue weighted by molar-refractivity contribution is 5.88. The molecular weight excluding hydrogens is 432 g/mol. The van der Waals surface area contributed by atoms with E-state index in [9.17, 15) is 14.0 Å². The van der Waals surface area contributed by atoms with Crippen LogP contribution in [-0.2, 0) is 19.6 Å². The summed E-state index contributed by atoms with van der Waals surface area (Å²) in [6.45, 7) is 4.64. The molecule has 0 aliphatic carbocycles. The predicted octanol–water partition coefficient (Wildman–Crippen LogP) is 6.55. The van der Waals surface area contributed by atoms with Crippen molar-refractivity contribution >= 4 is 16.6 Å². The Morgan fingerprint density at radius 2 is 1.88 bits per heavy atom. The second kappa shape index (κ2) is 8.75. The van der Waals surface area contributed by atoms with Crippen LogP contribution >= 0.6 is 0 Å². The molecule has 0 saturated heterocycles. The summed E-state index contributed by atoms with van der Waals surface area (Å²) in [4.78, 5) is 4.81. The van der Waals surface area contributed by atoms with E-state index in [0.717, 1.165) is 58.5 Å². The zero-order chi connectivity index (χ0) is 23.8. The Hall–Kier alpha value is -3.98. The summed E-state index contributed by atoms with van der Waals surface area (Å²) in [6.07, 6.45) is 1.87. The van der Waals surface area contributed by atoms with Crippen molar-refractivity contribution in [3.8, 4) is 11.8 Å². The minimum atomic E-state index is -0.977. The molecule has 3 aromatic carbocycles. The number of allylic oxidation sites excluding steroid dienone is 1. The molecule has 1 aliphatic rings. The van der Waals surface area contributed by atoms with E-state index >= 15 is 0 Å². The molecule has 1 aliphatic heterocycles. The number of hydrogen-bond donors (Lipinski definition) is 0. The molecule has 0 unspecified atom stereocenters. The number of ether oxygens (including phenoxy) is 1. The van der Waals surface area contributed by atoms with Gasteiger partial charge in [-0.15, -0.1) is 0 Å². The molecule has 0 saturated carbocycles. The van der Waals surface area contributed by atoms with Crippen molar-refractivity contribution < 1.29 is 13.5 Å². The summed E-state index contributed by atoms with van der Waals surface area (Å²) in [7, 11) is 0. The van der Waals surface area contributed by atoms with Gasteiger partial charge in [0.25, 0.3) is 0 Å². The van der Waals surface area contributed by atoms with E-state index in [1.165, 1.54) is 0 Å². The minimum absolute atomic E-state index is 0.190. The van der Waals surface area contributed by atoms with Gasteiger partial charge in [-0.05, 0) is 54.3 Å². The topological polar surface area (TPSA) is 50.8 Å². The second-order valence-electron chi connectivity index (χ2n) is 8.51. The van der Waals surface area contributed by atoms with E-state index in [-0.39, 0.29) is 12.4 Å². The Bertz CT molecular complexity index is 1490. The van der Waals surface area contributed by atoms with Crippen molar-refractivity contribution in [3.63, 3.8) is 0 Å². The summed E-state index contributed by atoms with van der Waals surface area (Å²) in [5.41, 5.74) is 6.12. The molecular formula is C28H23F2N3O. The Balaban J connectivity index is 1.61. The fourth-order valence-corrected chi connectivity index (χ4v) is 4.61. The SMILES string of the molecule is CCCc1nc2ccccc2n1Cc1ccc2c(c1)COc1cc(F)c(F)cc1C2=C(C)C#N. The van der Waals surface area contributed by atoms with Crippen molar-refractivity contribution in [2.45, 2.75) is 39.8 Å². The van der Waals surface area contributed by atoms with E-state index in [1.807, 2.05) is 36.4 Å². The van der Waals surface area contributed by atoms with Crippen LogP contribution in [0.3, 0.4) is 0 Å². The van der Waals surface area contributed by atoms with Gasteiger partial charge < -0.3 is 9.30 Å². The maximum Gasteiger partial charge on any atom is 0.162 e. The third-order valence-corrected chi connectivity index (χ3v) is 6.20. The lowest BCUT2D eigenvalue weighted by molar-refractivity contribution is 0.304. The third-order valence-electron chi connectivity index (χ3n) is 6.20. The number of para-hydroxylation sites is 2. The average molecular weight is 456 g/mol. The monoisotopic (exact) mass is 455 g/mol. The van der Waals surface area contributed by atoms with Gasteiger partial charge in [0, 0.05) is 35.7 Å². The van der Waals surface area contributed by atoms with Gasteiger partial charge in [0.15, 0.2) is 11.6 Å². The van der Waals surface area contributed by atoms with Crippen LogP contribution in [0.15, 0.2) is 60.2 Å². The first kappa shape index (κ1) is 21.8. The highest BCUT2D eigenvalue weighted by Gasteiger charge is 2.24. The summed E-state index contributed by atoms with van der Waals surface area (Å²) < 4.78 is 36.2. The predicted molar refractivity (Wildman–Crippen MR) is 127 cm³/mol. The van der Waals surface area contributed by atoms with E-state index in [2.05, 4.69) is 23.6 Å². The molecule has 2 heterocycles. The quantitative estimate of drug-likeness (QED) is 0.328. The lowest BCUT2D eigenvalue weighted by Gasteiger charge is -2.14. The van der Waals surface area contributed by atoms with E-state index < -0.39 is 11.6 Å². The molecule has 0 fully saturated rings. The molecule has 0 N–H and O–H groups in total. The van der Waals surface area contributed by atoms with E-state index in [1.54, 1.807) is 6.92 Å². The van der Waals surface area contributed by atoms with Crippen LogP contribution < -0.4 is 4.74 Å². The smallest absolute Gasteiger partial charge is 0.162 e. The lowest BCUT2D eigenvalue weighted by Crippen LogP contribution is -2.06. The van der Waals surface area contributed by atoms with Gasteiger partial charge in [0.2, 0.25) is 0 Å². The number of aryl methyl sites for hydroxylation is 1.